The first kappa shape index (κ1) is 21.0. The molecule has 0 unspecified atom stereocenters. The maximum atomic E-state index is 12.4. The molecule has 3 aromatic rings. The van der Waals surface area contributed by atoms with Gasteiger partial charge in [-0.1, -0.05) is 30.3 Å². The smallest absolute Gasteiger partial charge is 0.350 e. The first-order chi connectivity index (χ1) is 14.1. The van der Waals surface area contributed by atoms with Crippen LogP contribution in [0.4, 0.5) is 5.69 Å². The van der Waals surface area contributed by atoms with Gasteiger partial charge in [-0.15, -0.1) is 23.1 Å². The summed E-state index contributed by atoms with van der Waals surface area (Å²) < 4.78 is 10.0. The number of thiophene rings is 1. The molecule has 29 heavy (non-hydrogen) atoms. The molecule has 0 bridgehead atoms. The Labute approximate surface area is 178 Å². The molecular weight excluding hydrogens is 406 g/mol. The molecule has 7 heteroatoms. The maximum Gasteiger partial charge on any atom is 0.350 e. The largest absolute Gasteiger partial charge is 0.497 e. The first-order valence-corrected chi connectivity index (χ1v) is 10.7. The summed E-state index contributed by atoms with van der Waals surface area (Å²) in [5, 5.41) is 2.86. The van der Waals surface area contributed by atoms with Gasteiger partial charge in [-0.2, -0.15) is 0 Å². The number of esters is 1. The molecule has 1 N–H and O–H groups in total. The Morgan fingerprint density at radius 1 is 1.03 bits per heavy atom. The van der Waals surface area contributed by atoms with Crippen LogP contribution in [0.3, 0.4) is 0 Å². The minimum absolute atomic E-state index is 0.145. The molecule has 1 heterocycles. The van der Waals surface area contributed by atoms with Crippen molar-refractivity contribution in [3.8, 4) is 16.2 Å². The van der Waals surface area contributed by atoms with E-state index in [-0.39, 0.29) is 5.91 Å². The van der Waals surface area contributed by atoms with Crippen LogP contribution in [0.5, 0.6) is 5.75 Å². The zero-order valence-electron chi connectivity index (χ0n) is 16.1. The predicted molar refractivity (Wildman–Crippen MR) is 118 cm³/mol. The number of nitrogens with one attached hydrogen (secondary N) is 1. The second kappa shape index (κ2) is 10.1. The van der Waals surface area contributed by atoms with Crippen molar-refractivity contribution in [2.45, 2.75) is 11.3 Å². The van der Waals surface area contributed by atoms with Crippen molar-refractivity contribution in [3.63, 3.8) is 0 Å². The first-order valence-electron chi connectivity index (χ1n) is 8.95. The summed E-state index contributed by atoms with van der Waals surface area (Å²) in [6.45, 7) is 0. The average Bonchev–Trinajstić information content (AvgIpc) is 3.18. The van der Waals surface area contributed by atoms with Gasteiger partial charge in [0.25, 0.3) is 0 Å². The van der Waals surface area contributed by atoms with Gasteiger partial charge in [0, 0.05) is 21.9 Å². The van der Waals surface area contributed by atoms with Crippen molar-refractivity contribution in [1.29, 1.82) is 0 Å². The van der Waals surface area contributed by atoms with Crippen LogP contribution in [0.15, 0.2) is 65.6 Å². The Bertz CT molecular complexity index is 968. The lowest BCUT2D eigenvalue weighted by Gasteiger charge is -2.06. The molecule has 1 aromatic heterocycles. The van der Waals surface area contributed by atoms with E-state index < -0.39 is 5.97 Å². The fourth-order valence-corrected chi connectivity index (χ4v) is 4.51. The Hall–Kier alpha value is -2.77. The Morgan fingerprint density at radius 3 is 2.41 bits per heavy atom. The highest BCUT2D eigenvalue weighted by molar-refractivity contribution is 7.99. The summed E-state index contributed by atoms with van der Waals surface area (Å²) >= 11 is 2.90. The third-order valence-corrected chi connectivity index (χ3v) is 6.27. The van der Waals surface area contributed by atoms with Crippen LogP contribution < -0.4 is 10.1 Å². The van der Waals surface area contributed by atoms with Crippen LogP contribution >= 0.6 is 23.1 Å². The van der Waals surface area contributed by atoms with Crippen molar-refractivity contribution < 1.29 is 19.1 Å². The molecule has 0 spiro atoms. The Morgan fingerprint density at radius 2 is 1.76 bits per heavy atom. The van der Waals surface area contributed by atoms with Crippen molar-refractivity contribution >= 4 is 40.7 Å². The van der Waals surface area contributed by atoms with Gasteiger partial charge in [-0.3, -0.25) is 4.79 Å². The van der Waals surface area contributed by atoms with Gasteiger partial charge < -0.3 is 14.8 Å². The fourth-order valence-electron chi connectivity index (χ4n) is 2.62. The highest BCUT2D eigenvalue weighted by atomic mass is 32.2. The zero-order chi connectivity index (χ0) is 20.6. The number of carbonyl (C=O) groups is 2. The number of hydrogen-bond acceptors (Lipinski definition) is 6. The second-order valence-corrected chi connectivity index (χ2v) is 8.25. The molecule has 150 valence electrons. The van der Waals surface area contributed by atoms with Crippen molar-refractivity contribution in [3.05, 3.63) is 65.5 Å². The number of methoxy groups -OCH3 is 2. The van der Waals surface area contributed by atoms with E-state index in [1.807, 2.05) is 60.7 Å². The topological polar surface area (TPSA) is 64.6 Å². The van der Waals surface area contributed by atoms with Crippen LogP contribution in [-0.2, 0) is 9.53 Å². The van der Waals surface area contributed by atoms with Crippen LogP contribution in [0, 0.1) is 0 Å². The normalized spacial score (nSPS) is 10.4. The number of amides is 1. The lowest BCUT2D eigenvalue weighted by atomic mass is 10.2. The highest BCUT2D eigenvalue weighted by Gasteiger charge is 2.19. The number of rotatable bonds is 8. The summed E-state index contributed by atoms with van der Waals surface area (Å²) in [6.07, 6.45) is 0.327. The minimum Gasteiger partial charge on any atom is -0.497 e. The van der Waals surface area contributed by atoms with Crippen LogP contribution in [-0.4, -0.2) is 31.8 Å². The summed E-state index contributed by atoms with van der Waals surface area (Å²) in [5.41, 5.74) is 1.47. The number of ether oxygens (including phenoxy) is 2. The van der Waals surface area contributed by atoms with Gasteiger partial charge in [-0.25, -0.2) is 4.79 Å². The van der Waals surface area contributed by atoms with Crippen LogP contribution in [0.2, 0.25) is 0 Å². The third kappa shape index (κ3) is 5.62. The zero-order valence-corrected chi connectivity index (χ0v) is 17.8. The molecule has 0 aliphatic rings. The van der Waals surface area contributed by atoms with Gasteiger partial charge in [0.15, 0.2) is 0 Å². The van der Waals surface area contributed by atoms with E-state index in [1.54, 1.807) is 18.9 Å². The quantitative estimate of drug-likeness (QED) is 0.389. The summed E-state index contributed by atoms with van der Waals surface area (Å²) in [6, 6.07) is 19.2. The fraction of sp³-hybridized carbons (Fsp3) is 0.182. The number of thioether (sulfide) groups is 1. The molecule has 0 atom stereocenters. The molecule has 1 amide bonds. The third-order valence-electron chi connectivity index (χ3n) is 4.09. The van der Waals surface area contributed by atoms with E-state index in [1.165, 1.54) is 18.4 Å². The predicted octanol–water partition coefficient (Wildman–Crippen LogP) is 5.33. The molecular formula is C22H21NO4S2. The van der Waals surface area contributed by atoms with Gasteiger partial charge >= 0.3 is 5.97 Å². The second-order valence-electron chi connectivity index (χ2n) is 6.03. The minimum atomic E-state index is -0.458. The number of carbonyl (C=O) groups excluding carboxylic acids is 2. The van der Waals surface area contributed by atoms with Crippen molar-refractivity contribution in [1.82, 2.24) is 0 Å². The Kier molecular flexibility index (Phi) is 7.32. The van der Waals surface area contributed by atoms with Gasteiger partial charge in [0.05, 0.1) is 19.9 Å². The van der Waals surface area contributed by atoms with E-state index in [9.17, 15) is 9.59 Å². The number of benzene rings is 2. The van der Waals surface area contributed by atoms with E-state index >= 15 is 0 Å². The summed E-state index contributed by atoms with van der Waals surface area (Å²) in [5.74, 6) is 0.823. The van der Waals surface area contributed by atoms with Crippen molar-refractivity contribution in [2.75, 3.05) is 25.3 Å². The summed E-state index contributed by atoms with van der Waals surface area (Å²) in [4.78, 5) is 26.9. The molecule has 0 saturated carbocycles. The van der Waals surface area contributed by atoms with Crippen LogP contribution in [0.25, 0.3) is 10.4 Å². The summed E-state index contributed by atoms with van der Waals surface area (Å²) in [7, 11) is 2.96. The standard InChI is InChI=1S/C22H21NO4S2/c1-26-16-8-10-17(11-9-16)28-13-12-20(24)23-18-14-19(15-6-4-3-5-7-15)29-21(18)22(25)27-2/h3-11,14H,12-13H2,1-2H3,(H,23,24). The van der Waals surface area contributed by atoms with E-state index in [4.69, 9.17) is 9.47 Å². The van der Waals surface area contributed by atoms with E-state index in [0.29, 0.717) is 22.7 Å². The van der Waals surface area contributed by atoms with Crippen molar-refractivity contribution in [2.24, 2.45) is 0 Å². The molecule has 0 fully saturated rings. The molecule has 2 aromatic carbocycles. The molecule has 0 radical (unpaired) electrons. The van der Waals surface area contributed by atoms with E-state index in [0.717, 1.165) is 21.1 Å². The Balaban J connectivity index is 1.64. The molecule has 0 aliphatic heterocycles. The highest BCUT2D eigenvalue weighted by Crippen LogP contribution is 2.35. The SMILES string of the molecule is COC(=O)c1sc(-c2ccccc2)cc1NC(=O)CCSc1ccc(OC)cc1. The van der Waals surface area contributed by atoms with Gasteiger partial charge in [0.2, 0.25) is 5.91 Å². The lowest BCUT2D eigenvalue weighted by molar-refractivity contribution is -0.115. The van der Waals surface area contributed by atoms with Crippen LogP contribution in [0.1, 0.15) is 16.1 Å². The van der Waals surface area contributed by atoms with Gasteiger partial charge in [-0.05, 0) is 35.9 Å². The van der Waals surface area contributed by atoms with E-state index in [2.05, 4.69) is 5.32 Å². The number of anilines is 1. The lowest BCUT2D eigenvalue weighted by Crippen LogP contribution is -2.14. The molecule has 3 rings (SSSR count). The average molecular weight is 428 g/mol. The number of hydrogen-bond donors (Lipinski definition) is 1. The molecule has 0 saturated heterocycles. The molecule has 0 aliphatic carbocycles. The molecule has 5 nitrogen and oxygen atoms in total. The monoisotopic (exact) mass is 427 g/mol. The van der Waals surface area contributed by atoms with Gasteiger partial charge in [0.1, 0.15) is 10.6 Å². The maximum absolute atomic E-state index is 12.4.